The van der Waals surface area contributed by atoms with E-state index in [0.29, 0.717) is 0 Å². The van der Waals surface area contributed by atoms with Crippen molar-refractivity contribution in [2.75, 3.05) is 0 Å². The molecule has 1 N–H and O–H groups in total. The molecule has 0 fully saturated rings. The predicted octanol–water partition coefficient (Wildman–Crippen LogP) is 8.28. The fourth-order valence-corrected chi connectivity index (χ4v) is 4.03. The number of benzene rings is 3. The summed E-state index contributed by atoms with van der Waals surface area (Å²) in [5, 5.41) is 7.19. The SMILES string of the molecule is C=C(CCc1cccc(CC)c1)c1c(N=C(C)/C(C=NC=N)=C/C)cccc1-c1ccccc1. The van der Waals surface area contributed by atoms with Gasteiger partial charge in [0.05, 0.1) is 5.69 Å². The maximum Gasteiger partial charge on any atom is 0.106 e. The van der Waals surface area contributed by atoms with Crippen LogP contribution in [0.4, 0.5) is 5.69 Å². The Hall–Kier alpha value is -3.85. The molecule has 0 amide bonds. The first-order valence-electron chi connectivity index (χ1n) is 11.8. The topological polar surface area (TPSA) is 48.6 Å². The van der Waals surface area contributed by atoms with Crippen LogP contribution < -0.4 is 0 Å². The van der Waals surface area contributed by atoms with Gasteiger partial charge in [-0.3, -0.25) is 10.4 Å². The molecule has 172 valence electrons. The van der Waals surface area contributed by atoms with Crippen molar-refractivity contribution in [2.24, 2.45) is 9.98 Å². The van der Waals surface area contributed by atoms with Crippen LogP contribution in [0.2, 0.25) is 0 Å². The second kappa shape index (κ2) is 12.4. The first-order valence-corrected chi connectivity index (χ1v) is 11.8. The summed E-state index contributed by atoms with van der Waals surface area (Å²) >= 11 is 0. The number of hydrogen-bond donors (Lipinski definition) is 1. The van der Waals surface area contributed by atoms with Crippen LogP contribution in [0.25, 0.3) is 16.7 Å². The smallest absolute Gasteiger partial charge is 0.106 e. The zero-order valence-corrected chi connectivity index (χ0v) is 20.4. The minimum absolute atomic E-state index is 0.850. The Morgan fingerprint density at radius 3 is 2.41 bits per heavy atom. The molecule has 0 aliphatic heterocycles. The first kappa shape index (κ1) is 24.8. The molecule has 3 aromatic carbocycles. The lowest BCUT2D eigenvalue weighted by molar-refractivity contribution is 1.01. The molecule has 0 atom stereocenters. The highest BCUT2D eigenvalue weighted by Crippen LogP contribution is 2.37. The number of hydrogen-bond acceptors (Lipinski definition) is 2. The van der Waals surface area contributed by atoms with Crippen LogP contribution in [0, 0.1) is 5.41 Å². The van der Waals surface area contributed by atoms with Gasteiger partial charge in [0.1, 0.15) is 6.34 Å². The highest BCUT2D eigenvalue weighted by atomic mass is 14.8. The number of aryl methyl sites for hydroxylation is 2. The molecule has 0 aromatic heterocycles. The van der Waals surface area contributed by atoms with Crippen molar-refractivity contribution in [3.8, 4) is 11.1 Å². The van der Waals surface area contributed by atoms with E-state index in [9.17, 15) is 0 Å². The summed E-state index contributed by atoms with van der Waals surface area (Å²) in [7, 11) is 0. The number of rotatable bonds is 10. The molecule has 3 heteroatoms. The summed E-state index contributed by atoms with van der Waals surface area (Å²) in [5.74, 6) is 0. The number of nitrogens with zero attached hydrogens (tertiary/aromatic N) is 2. The standard InChI is InChI=1S/C31H33N3/c1-5-25-12-10-13-26(20-25)19-18-23(3)31-29(28-14-8-7-9-15-28)16-11-17-30(31)34-24(4)27(6-2)21-33-22-32/h6-17,20-22,32H,3,5,18-19H2,1-2,4H3/b27-6+,32-22?,33-21?,34-24?. The maximum absolute atomic E-state index is 7.19. The van der Waals surface area contributed by atoms with E-state index in [0.717, 1.165) is 64.8 Å². The molecule has 0 radical (unpaired) electrons. The first-order chi connectivity index (χ1) is 16.6. The molecule has 3 aromatic rings. The number of allylic oxidation sites excluding steroid dienone is 3. The van der Waals surface area contributed by atoms with Crippen LogP contribution in [0.15, 0.2) is 101 Å². The monoisotopic (exact) mass is 447 g/mol. The van der Waals surface area contributed by atoms with E-state index in [-0.39, 0.29) is 0 Å². The highest BCUT2D eigenvalue weighted by molar-refractivity contribution is 6.16. The van der Waals surface area contributed by atoms with Gasteiger partial charge in [-0.05, 0) is 67.0 Å². The van der Waals surface area contributed by atoms with Crippen LogP contribution in [0.3, 0.4) is 0 Å². The van der Waals surface area contributed by atoms with Gasteiger partial charge >= 0.3 is 0 Å². The van der Waals surface area contributed by atoms with Crippen molar-refractivity contribution < 1.29 is 0 Å². The predicted molar refractivity (Wildman–Crippen MR) is 149 cm³/mol. The third kappa shape index (κ3) is 6.35. The molecule has 0 aliphatic rings. The molecular weight excluding hydrogens is 414 g/mol. The second-order valence-electron chi connectivity index (χ2n) is 8.19. The fraction of sp³-hybridized carbons (Fsp3) is 0.194. The van der Waals surface area contributed by atoms with Crippen LogP contribution in [-0.2, 0) is 12.8 Å². The molecule has 34 heavy (non-hydrogen) atoms. The quantitative estimate of drug-likeness (QED) is 0.240. The van der Waals surface area contributed by atoms with Crippen molar-refractivity contribution >= 4 is 29.5 Å². The summed E-state index contributed by atoms with van der Waals surface area (Å²) in [5.41, 5.74) is 9.77. The van der Waals surface area contributed by atoms with Gasteiger partial charge in [0.15, 0.2) is 0 Å². The van der Waals surface area contributed by atoms with Gasteiger partial charge in [0.25, 0.3) is 0 Å². The Balaban J connectivity index is 2.03. The zero-order valence-electron chi connectivity index (χ0n) is 20.4. The molecule has 0 unspecified atom stereocenters. The normalized spacial score (nSPS) is 12.2. The molecule has 3 rings (SSSR count). The lowest BCUT2D eigenvalue weighted by Gasteiger charge is -2.16. The molecule has 0 bridgehead atoms. The molecule has 3 nitrogen and oxygen atoms in total. The van der Waals surface area contributed by atoms with Crippen molar-refractivity contribution in [3.05, 3.63) is 108 Å². The van der Waals surface area contributed by atoms with Crippen molar-refractivity contribution in [3.63, 3.8) is 0 Å². The average molecular weight is 448 g/mol. The third-order valence-corrected chi connectivity index (χ3v) is 5.90. The largest absolute Gasteiger partial charge is 0.290 e. The van der Waals surface area contributed by atoms with Crippen LogP contribution >= 0.6 is 0 Å². The van der Waals surface area contributed by atoms with E-state index >= 15 is 0 Å². The molecule has 0 saturated heterocycles. The summed E-state index contributed by atoms with van der Waals surface area (Å²) in [4.78, 5) is 8.95. The molecular formula is C31H33N3. The van der Waals surface area contributed by atoms with Gasteiger partial charge in [-0.1, -0.05) is 86.3 Å². The number of nitrogens with one attached hydrogen (secondary N) is 1. The summed E-state index contributed by atoms with van der Waals surface area (Å²) in [6.45, 7) is 10.6. The minimum Gasteiger partial charge on any atom is -0.290 e. The van der Waals surface area contributed by atoms with Crippen molar-refractivity contribution in [1.29, 1.82) is 5.41 Å². The average Bonchev–Trinajstić information content (AvgIpc) is 2.88. The van der Waals surface area contributed by atoms with E-state index in [2.05, 4.69) is 85.2 Å². The van der Waals surface area contributed by atoms with E-state index < -0.39 is 0 Å². The zero-order chi connectivity index (χ0) is 24.3. The van der Waals surface area contributed by atoms with Crippen LogP contribution in [0.5, 0.6) is 0 Å². The summed E-state index contributed by atoms with van der Waals surface area (Å²) in [6.07, 6.45) is 7.49. The summed E-state index contributed by atoms with van der Waals surface area (Å²) < 4.78 is 0. The van der Waals surface area contributed by atoms with E-state index in [4.69, 9.17) is 10.4 Å². The van der Waals surface area contributed by atoms with Gasteiger partial charge < -0.3 is 0 Å². The molecule has 0 saturated carbocycles. The Kier molecular flexibility index (Phi) is 9.04. The van der Waals surface area contributed by atoms with E-state index in [1.165, 1.54) is 11.1 Å². The highest BCUT2D eigenvalue weighted by Gasteiger charge is 2.14. The minimum atomic E-state index is 0.850. The third-order valence-electron chi connectivity index (χ3n) is 5.90. The maximum atomic E-state index is 7.19. The Bertz CT molecular complexity index is 1230. The van der Waals surface area contributed by atoms with Crippen LogP contribution in [-0.4, -0.2) is 18.3 Å². The van der Waals surface area contributed by atoms with Crippen LogP contribution in [0.1, 0.15) is 43.9 Å². The fourth-order valence-electron chi connectivity index (χ4n) is 4.03. The van der Waals surface area contributed by atoms with Gasteiger partial charge in [0, 0.05) is 23.1 Å². The summed E-state index contributed by atoms with van der Waals surface area (Å²) in [6, 6.07) is 25.5. The van der Waals surface area contributed by atoms with E-state index in [1.807, 2.05) is 26.0 Å². The Morgan fingerprint density at radius 1 is 0.971 bits per heavy atom. The molecule has 0 heterocycles. The van der Waals surface area contributed by atoms with Gasteiger partial charge in [0.2, 0.25) is 0 Å². The Morgan fingerprint density at radius 2 is 1.71 bits per heavy atom. The number of aliphatic imine (C=N–C) groups is 2. The molecule has 0 aliphatic carbocycles. The van der Waals surface area contributed by atoms with Gasteiger partial charge in [-0.15, -0.1) is 0 Å². The van der Waals surface area contributed by atoms with Crippen molar-refractivity contribution in [2.45, 2.75) is 40.0 Å². The lowest BCUT2D eigenvalue weighted by atomic mass is 9.90. The van der Waals surface area contributed by atoms with Gasteiger partial charge in [-0.2, -0.15) is 0 Å². The Labute approximate surface area is 203 Å². The second-order valence-corrected chi connectivity index (χ2v) is 8.19. The molecule has 0 spiro atoms. The lowest BCUT2D eigenvalue weighted by Crippen LogP contribution is -2.00. The van der Waals surface area contributed by atoms with E-state index in [1.54, 1.807) is 6.21 Å². The van der Waals surface area contributed by atoms with Crippen molar-refractivity contribution in [1.82, 2.24) is 0 Å². The van der Waals surface area contributed by atoms with Gasteiger partial charge in [-0.25, -0.2) is 4.99 Å².